The van der Waals surface area contributed by atoms with Crippen LogP contribution in [0.5, 0.6) is 17.2 Å². The number of nitrogens with two attached hydrogens (primary N) is 5. The summed E-state index contributed by atoms with van der Waals surface area (Å²) in [6.07, 6.45) is 2.66. The first-order chi connectivity index (χ1) is 64.1. The quantitative estimate of drug-likeness (QED) is 0.00847. The molecule has 1 aromatic heterocycles. The van der Waals surface area contributed by atoms with Gasteiger partial charge in [0, 0.05) is 75.8 Å². The van der Waals surface area contributed by atoms with Gasteiger partial charge in [-0.05, 0) is 169 Å². The minimum absolute atomic E-state index is 0.00123. The SMILES string of the molecule is CCC(C)C[C@@H](C(=O)N1CCC[C@H]1C(=O)O)N(C)C(=O)[C@H](CCCCN)NC(=O)[C@H](CCC(N)=O)NC(=O)[C@H](Cc1ccc(O)cc1)NC(=O)[C@H](CS)NC(=O)[C@H](Cc1ccc(O)cc1)NC(=O)[C@H](CCCNC(=N)N)NC(=O)[C@H](CCN)NC(=O)[C@@H]1CCCN1C(=O)[C@H](C)NC(=O)[C@H](CO)NC(=O)[C@H](CS)NC(=O)[C@H](C)NC(=O)[C@H](Cc1cnc[nH]1)NC(=O)[C@@H](N)Cc1ccc(O)cc1. The van der Waals surface area contributed by atoms with Crippen LogP contribution < -0.4 is 97.8 Å². The second-order valence-corrected chi connectivity index (χ2v) is 34.1. The van der Waals surface area contributed by atoms with E-state index in [9.17, 15) is 107 Å². The molecule has 16 amide bonds. The molecule has 46 nitrogen and oxygen atoms in total. The van der Waals surface area contributed by atoms with Crippen LogP contribution in [0.15, 0.2) is 85.3 Å². The molecule has 17 atom stereocenters. The Labute approximate surface area is 791 Å². The van der Waals surface area contributed by atoms with E-state index in [1.165, 1.54) is 104 Å². The Kier molecular flexibility index (Phi) is 45.7. The largest absolute Gasteiger partial charge is 0.508 e. The fourth-order valence-corrected chi connectivity index (χ4v) is 15.5. The number of aliphatic hydroxyl groups is 1. The first-order valence-corrected chi connectivity index (χ1v) is 45.8. The molecule has 0 bridgehead atoms. The number of unbranched alkanes of at least 4 members (excludes halogenated alkanes) is 1. The second kappa shape index (κ2) is 55.7. The lowest BCUT2D eigenvalue weighted by atomic mass is 9.96. The molecule has 4 aromatic rings. The van der Waals surface area contributed by atoms with Gasteiger partial charge in [-0.1, -0.05) is 56.7 Å². The molecule has 0 radical (unpaired) electrons. The van der Waals surface area contributed by atoms with Crippen molar-refractivity contribution in [3.05, 3.63) is 108 Å². The Bertz CT molecular complexity index is 4700. The lowest BCUT2D eigenvalue weighted by Crippen LogP contribution is -2.61. The molecular formula is C87H130N24O22S2. The Balaban J connectivity index is 1.15. The van der Waals surface area contributed by atoms with Crippen LogP contribution in [0.2, 0.25) is 0 Å². The number of nitrogens with one attached hydrogen (secondary N) is 15. The van der Waals surface area contributed by atoms with Crippen molar-refractivity contribution in [3.8, 4) is 17.2 Å². The number of hydrogen-bond acceptors (Lipinski definition) is 28. The van der Waals surface area contributed by atoms with Crippen molar-refractivity contribution in [2.24, 2.45) is 34.6 Å². The molecule has 742 valence electrons. The third-order valence-corrected chi connectivity index (χ3v) is 23.7. The van der Waals surface area contributed by atoms with Crippen LogP contribution in [0.1, 0.15) is 140 Å². The smallest absolute Gasteiger partial charge is 0.326 e. The average molecular weight is 1930 g/mol. The number of carboxylic acid groups (broad SMARTS) is 1. The number of amides is 16. The number of nitrogens with zero attached hydrogens (tertiary/aromatic N) is 4. The maximum Gasteiger partial charge on any atom is 0.326 e. The van der Waals surface area contributed by atoms with Gasteiger partial charge in [0.15, 0.2) is 5.96 Å². The van der Waals surface area contributed by atoms with Crippen molar-refractivity contribution in [2.75, 3.05) is 57.9 Å². The molecule has 2 saturated heterocycles. The standard InChI is InChI=1S/C87H130N24O22S2/c1-6-46(2)36-69(85(131)111-35-11-15-68(111)86(132)133)109(5)84(130)60(12-7-8-31-88)102-74(120)58(28-29-70(91)116)100-77(123)61(38-50-18-24-54(114)25-19-50)105-80(126)66(44-135)108-78(124)62(39-51-20-26-55(115)27-21-51)104-73(119)57(13-9-33-95-87(92)93)99-75(121)59(30-32-89)101-82(128)67-14-10-34-110(67)83(129)48(4)98-79(125)64(42-112)106-81(127)65(43-134)107-71(117)47(3)97-76(122)63(40-52-41-94-45-96-52)103-72(118)56(90)37-49-16-22-53(113)23-17-49/h16-27,41,45-48,56-69,112-115,134-135H,6-15,28-40,42-44,88-90H2,1-5H3,(H2,91,116)(H,94,96)(H,97,122)(H,98,125)(H,99,121)(H,100,123)(H,101,128)(H,102,120)(H,103,118)(H,104,119)(H,105,126)(H,106,127)(H,107,117)(H,108,124)(H,132,133)(H4,92,93,95)/t46?,47-,48-,56-,57-,58-,59-,60-,61-,62-,63-,64-,65-,66-,67-,68-,69-/m0/s1. The van der Waals surface area contributed by atoms with Gasteiger partial charge in [-0.3, -0.25) is 82.1 Å². The maximum absolute atomic E-state index is 14.9. The molecule has 3 aromatic carbocycles. The molecule has 135 heavy (non-hydrogen) atoms. The number of carbonyl (C=O) groups excluding carboxylic acids is 16. The van der Waals surface area contributed by atoms with E-state index < -0.39 is 228 Å². The number of likely N-dealkylation sites (tertiary alicyclic amines) is 2. The predicted molar refractivity (Wildman–Crippen MR) is 497 cm³/mol. The van der Waals surface area contributed by atoms with E-state index in [0.717, 1.165) is 4.90 Å². The van der Waals surface area contributed by atoms with Crippen LogP contribution in [0.4, 0.5) is 0 Å². The lowest BCUT2D eigenvalue weighted by Gasteiger charge is -2.36. The fraction of sp³-hybridized carbons (Fsp3) is 0.552. The molecule has 48 heteroatoms. The average Bonchev–Trinajstić information content (AvgIpc) is 1.74. The van der Waals surface area contributed by atoms with Gasteiger partial charge in [0.25, 0.3) is 0 Å². The van der Waals surface area contributed by atoms with E-state index in [0.29, 0.717) is 41.6 Å². The zero-order valence-electron chi connectivity index (χ0n) is 76.0. The van der Waals surface area contributed by atoms with E-state index in [1.54, 1.807) is 12.1 Å². The van der Waals surface area contributed by atoms with Gasteiger partial charge >= 0.3 is 5.97 Å². The maximum atomic E-state index is 14.9. The van der Waals surface area contributed by atoms with Crippen molar-refractivity contribution < 1.29 is 107 Å². The number of hydrogen-bond donors (Lipinski definition) is 27. The Morgan fingerprint density at radius 3 is 1.41 bits per heavy atom. The van der Waals surface area contributed by atoms with Gasteiger partial charge in [-0.25, -0.2) is 9.78 Å². The van der Waals surface area contributed by atoms with E-state index in [-0.39, 0.29) is 145 Å². The number of imidazole rings is 1. The first-order valence-electron chi connectivity index (χ1n) is 44.5. The number of benzene rings is 3. The highest BCUT2D eigenvalue weighted by Gasteiger charge is 2.44. The van der Waals surface area contributed by atoms with Gasteiger partial charge in [-0.2, -0.15) is 25.3 Å². The van der Waals surface area contributed by atoms with Crippen molar-refractivity contribution in [1.29, 1.82) is 5.41 Å². The van der Waals surface area contributed by atoms with Crippen molar-refractivity contribution >= 4 is 132 Å². The monoisotopic (exact) mass is 1930 g/mol. The molecule has 1 unspecified atom stereocenters. The topological polar surface area (TPSA) is 740 Å². The molecule has 2 aliphatic heterocycles. The fourth-order valence-electron chi connectivity index (χ4n) is 15.0. The van der Waals surface area contributed by atoms with Crippen LogP contribution in [0.3, 0.4) is 0 Å². The van der Waals surface area contributed by atoms with Gasteiger partial charge in [0.05, 0.1) is 19.0 Å². The summed E-state index contributed by atoms with van der Waals surface area (Å²) in [7, 11) is 1.37. The Hall–Kier alpha value is -12.9. The predicted octanol–water partition coefficient (Wildman–Crippen LogP) is -5.83. The summed E-state index contributed by atoms with van der Waals surface area (Å²) in [6, 6.07) is -6.53. The van der Waals surface area contributed by atoms with E-state index in [1.807, 2.05) is 13.8 Å². The number of aromatic amines is 1. The summed E-state index contributed by atoms with van der Waals surface area (Å²) in [5.41, 5.74) is 30.9. The van der Waals surface area contributed by atoms with Crippen molar-refractivity contribution in [3.63, 3.8) is 0 Å². The number of guanidine groups is 1. The minimum Gasteiger partial charge on any atom is -0.508 e. The van der Waals surface area contributed by atoms with Gasteiger partial charge < -0.3 is 143 Å². The van der Waals surface area contributed by atoms with Crippen molar-refractivity contribution in [2.45, 2.75) is 240 Å². The molecular weight excluding hydrogens is 1800 g/mol. The molecule has 2 aliphatic rings. The number of phenolic OH excluding ortho intramolecular Hbond substituents is 3. The number of aliphatic hydroxyl groups excluding tert-OH is 1. The van der Waals surface area contributed by atoms with Crippen LogP contribution in [-0.4, -0.2) is 311 Å². The summed E-state index contributed by atoms with van der Waals surface area (Å²) < 4.78 is 0. The molecule has 6 rings (SSSR count). The molecule has 3 heterocycles. The molecule has 30 N–H and O–H groups in total. The molecule has 2 fully saturated rings. The van der Waals surface area contributed by atoms with Crippen LogP contribution >= 0.6 is 25.3 Å². The van der Waals surface area contributed by atoms with Crippen LogP contribution in [0, 0.1) is 11.3 Å². The second-order valence-electron chi connectivity index (χ2n) is 33.4. The minimum atomic E-state index is -1.76. The number of rotatable bonds is 56. The lowest BCUT2D eigenvalue weighted by molar-refractivity contribution is -0.153. The summed E-state index contributed by atoms with van der Waals surface area (Å²) >= 11 is 8.58. The normalized spacial score (nSPS) is 16.8. The third-order valence-electron chi connectivity index (χ3n) is 22.9. The zero-order chi connectivity index (χ0) is 99.9. The summed E-state index contributed by atoms with van der Waals surface area (Å²) in [4.78, 5) is 250. The number of aromatic nitrogens is 2. The number of aromatic hydroxyl groups is 3. The van der Waals surface area contributed by atoms with Gasteiger partial charge in [0.1, 0.15) is 108 Å². The first kappa shape index (κ1) is 111. The van der Waals surface area contributed by atoms with Gasteiger partial charge in [0.2, 0.25) is 94.5 Å². The number of thiol groups is 2. The van der Waals surface area contributed by atoms with Crippen LogP contribution in [0.25, 0.3) is 0 Å². The molecule has 0 aliphatic carbocycles. The van der Waals surface area contributed by atoms with Gasteiger partial charge in [-0.15, -0.1) is 0 Å². The number of likely N-dealkylation sites (N-methyl/N-ethyl adjacent to an activating group) is 1. The van der Waals surface area contributed by atoms with E-state index in [4.69, 9.17) is 34.1 Å². The highest BCUT2D eigenvalue weighted by Crippen LogP contribution is 2.26. The van der Waals surface area contributed by atoms with E-state index in [2.05, 4.69) is 104 Å². The van der Waals surface area contributed by atoms with Crippen molar-refractivity contribution in [1.82, 2.24) is 93.8 Å². The highest BCUT2D eigenvalue weighted by molar-refractivity contribution is 7.80. The third kappa shape index (κ3) is 35.4. The molecule has 0 spiro atoms. The number of carbonyl (C=O) groups is 17. The Morgan fingerprint density at radius 2 is 0.926 bits per heavy atom. The summed E-state index contributed by atoms with van der Waals surface area (Å²) in [5.74, 6) is -17.8. The summed E-state index contributed by atoms with van der Waals surface area (Å²) in [5, 5.41) is 91.4. The summed E-state index contributed by atoms with van der Waals surface area (Å²) in [6.45, 7) is 5.24. The number of carboxylic acids is 1. The number of phenols is 3. The highest BCUT2D eigenvalue weighted by atomic mass is 32.1. The number of aliphatic carboxylic acids is 1. The molecule has 0 saturated carbocycles. The number of primary amides is 1. The van der Waals surface area contributed by atoms with E-state index >= 15 is 0 Å². The number of H-pyrrole nitrogens is 1. The Morgan fingerprint density at radius 1 is 0.504 bits per heavy atom. The zero-order valence-corrected chi connectivity index (χ0v) is 77.8. The van der Waals surface area contributed by atoms with Crippen LogP contribution in [-0.2, 0) is 107 Å².